The van der Waals surface area contributed by atoms with Crippen molar-refractivity contribution < 1.29 is 14.3 Å². The average molecular weight is 279 g/mol. The number of hydrogen-bond donors (Lipinski definition) is 0. The first kappa shape index (κ1) is 16.7. The Balaban J connectivity index is 2.69. The Morgan fingerprint density at radius 3 is 2.65 bits per heavy atom. The first-order valence-electron chi connectivity index (χ1n) is 7.10. The largest absolute Gasteiger partial charge is 0.496 e. The third-order valence-electron chi connectivity index (χ3n) is 3.23. The first-order chi connectivity index (χ1) is 9.62. The number of ether oxygens (including phenoxy) is 2. The molecule has 0 amide bonds. The Morgan fingerprint density at radius 2 is 2.05 bits per heavy atom. The van der Waals surface area contributed by atoms with E-state index in [4.69, 9.17) is 9.47 Å². The van der Waals surface area contributed by atoms with Gasteiger partial charge in [-0.1, -0.05) is 13.0 Å². The molecule has 1 rings (SSSR count). The van der Waals surface area contributed by atoms with Gasteiger partial charge in [0.2, 0.25) is 0 Å². The molecule has 20 heavy (non-hydrogen) atoms. The molecule has 0 saturated carbocycles. The molecule has 0 aromatic heterocycles. The van der Waals surface area contributed by atoms with E-state index >= 15 is 0 Å². The SMILES string of the molecule is CCOCCN(CC)CC(=O)c1ccc(C)cc1OC. The Bertz CT molecular complexity index is 432. The molecule has 4 nitrogen and oxygen atoms in total. The molecule has 4 heteroatoms. The molecular weight excluding hydrogens is 254 g/mol. The Labute approximate surface area is 121 Å². The monoisotopic (exact) mass is 279 g/mol. The lowest BCUT2D eigenvalue weighted by atomic mass is 10.1. The molecule has 1 aromatic carbocycles. The summed E-state index contributed by atoms with van der Waals surface area (Å²) in [4.78, 5) is 14.5. The summed E-state index contributed by atoms with van der Waals surface area (Å²) in [7, 11) is 1.60. The molecule has 0 fully saturated rings. The Kier molecular flexibility index (Phi) is 7.26. The van der Waals surface area contributed by atoms with Crippen LogP contribution in [0.3, 0.4) is 0 Å². The van der Waals surface area contributed by atoms with Crippen LogP contribution in [-0.2, 0) is 4.74 Å². The second-order valence-electron chi connectivity index (χ2n) is 4.69. The number of nitrogens with zero attached hydrogens (tertiary/aromatic N) is 1. The quantitative estimate of drug-likeness (QED) is 0.514. The van der Waals surface area contributed by atoms with E-state index in [0.717, 1.165) is 18.7 Å². The fourth-order valence-corrected chi connectivity index (χ4v) is 2.00. The summed E-state index contributed by atoms with van der Waals surface area (Å²) < 4.78 is 10.6. The topological polar surface area (TPSA) is 38.8 Å². The third kappa shape index (κ3) is 4.94. The number of methoxy groups -OCH3 is 1. The maximum atomic E-state index is 12.4. The maximum absolute atomic E-state index is 12.4. The molecule has 0 heterocycles. The minimum absolute atomic E-state index is 0.0835. The number of aryl methyl sites for hydroxylation is 1. The number of Topliss-reactive ketones (excluding diaryl/α,β-unsaturated/α-hetero) is 1. The maximum Gasteiger partial charge on any atom is 0.180 e. The summed E-state index contributed by atoms with van der Waals surface area (Å²) in [6.07, 6.45) is 0. The molecule has 0 spiro atoms. The normalized spacial score (nSPS) is 10.8. The number of carbonyl (C=O) groups is 1. The summed E-state index contributed by atoms with van der Waals surface area (Å²) >= 11 is 0. The van der Waals surface area contributed by atoms with Crippen molar-refractivity contribution >= 4 is 5.78 Å². The van der Waals surface area contributed by atoms with Gasteiger partial charge in [0.1, 0.15) is 5.75 Å². The van der Waals surface area contributed by atoms with Crippen LogP contribution in [0.4, 0.5) is 0 Å². The molecule has 1 aromatic rings. The minimum Gasteiger partial charge on any atom is -0.496 e. The number of carbonyl (C=O) groups excluding carboxylic acids is 1. The van der Waals surface area contributed by atoms with Crippen LogP contribution in [0.15, 0.2) is 18.2 Å². The van der Waals surface area contributed by atoms with Crippen molar-refractivity contribution in [2.75, 3.05) is 40.0 Å². The highest BCUT2D eigenvalue weighted by molar-refractivity contribution is 6.00. The number of hydrogen-bond acceptors (Lipinski definition) is 4. The van der Waals surface area contributed by atoms with E-state index in [9.17, 15) is 4.79 Å². The number of likely N-dealkylation sites (N-methyl/N-ethyl adjacent to an activating group) is 1. The van der Waals surface area contributed by atoms with E-state index in [-0.39, 0.29) is 5.78 Å². The van der Waals surface area contributed by atoms with Crippen molar-refractivity contribution in [3.05, 3.63) is 29.3 Å². The molecule has 0 atom stereocenters. The third-order valence-corrected chi connectivity index (χ3v) is 3.23. The molecule has 0 unspecified atom stereocenters. The van der Waals surface area contributed by atoms with Gasteiger partial charge >= 0.3 is 0 Å². The molecule has 112 valence electrons. The smallest absolute Gasteiger partial charge is 0.180 e. The van der Waals surface area contributed by atoms with Crippen molar-refractivity contribution in [1.82, 2.24) is 4.90 Å². The van der Waals surface area contributed by atoms with Gasteiger partial charge in [0, 0.05) is 13.2 Å². The number of ketones is 1. The molecule has 0 N–H and O–H groups in total. The Hall–Kier alpha value is -1.39. The van der Waals surface area contributed by atoms with Crippen LogP contribution in [0.1, 0.15) is 29.8 Å². The van der Waals surface area contributed by atoms with Gasteiger partial charge in [-0.3, -0.25) is 9.69 Å². The number of benzene rings is 1. The first-order valence-corrected chi connectivity index (χ1v) is 7.10. The standard InChI is InChI=1S/C16H25NO3/c1-5-17(9-10-20-6-2)12-15(18)14-8-7-13(3)11-16(14)19-4/h7-8,11H,5-6,9-10,12H2,1-4H3. The van der Waals surface area contributed by atoms with Gasteiger partial charge < -0.3 is 9.47 Å². The summed E-state index contributed by atoms with van der Waals surface area (Å²) in [5, 5.41) is 0. The fraction of sp³-hybridized carbons (Fsp3) is 0.562. The van der Waals surface area contributed by atoms with E-state index < -0.39 is 0 Å². The Morgan fingerprint density at radius 1 is 1.30 bits per heavy atom. The molecule has 0 aliphatic rings. The van der Waals surface area contributed by atoms with Gasteiger partial charge in [-0.05, 0) is 38.1 Å². The van der Waals surface area contributed by atoms with Crippen LogP contribution in [0, 0.1) is 6.92 Å². The van der Waals surface area contributed by atoms with Crippen LogP contribution >= 0.6 is 0 Å². The highest BCUT2D eigenvalue weighted by atomic mass is 16.5. The zero-order valence-corrected chi connectivity index (χ0v) is 12.9. The lowest BCUT2D eigenvalue weighted by Gasteiger charge is -2.20. The zero-order valence-electron chi connectivity index (χ0n) is 12.9. The minimum atomic E-state index is 0.0835. The van der Waals surface area contributed by atoms with E-state index in [2.05, 4.69) is 4.90 Å². The molecule has 0 bridgehead atoms. The number of rotatable bonds is 9. The van der Waals surface area contributed by atoms with Crippen LogP contribution < -0.4 is 4.74 Å². The van der Waals surface area contributed by atoms with Gasteiger partial charge in [0.05, 0.1) is 25.8 Å². The molecule has 0 saturated heterocycles. The predicted molar refractivity (Wildman–Crippen MR) is 80.7 cm³/mol. The van der Waals surface area contributed by atoms with Crippen molar-refractivity contribution in [2.24, 2.45) is 0 Å². The summed E-state index contributed by atoms with van der Waals surface area (Å²) in [6, 6.07) is 5.67. The van der Waals surface area contributed by atoms with E-state index in [1.165, 1.54) is 0 Å². The van der Waals surface area contributed by atoms with Gasteiger partial charge in [-0.2, -0.15) is 0 Å². The summed E-state index contributed by atoms with van der Waals surface area (Å²) in [5.74, 6) is 0.732. The summed E-state index contributed by atoms with van der Waals surface area (Å²) in [6.45, 7) is 9.35. The zero-order chi connectivity index (χ0) is 15.0. The average Bonchev–Trinajstić information content (AvgIpc) is 2.45. The molecular formula is C16H25NO3. The molecule has 0 aliphatic heterocycles. The van der Waals surface area contributed by atoms with Crippen LogP contribution in [0.25, 0.3) is 0 Å². The van der Waals surface area contributed by atoms with E-state index in [1.807, 2.05) is 39.0 Å². The molecule has 0 radical (unpaired) electrons. The van der Waals surface area contributed by atoms with Crippen molar-refractivity contribution in [3.63, 3.8) is 0 Å². The van der Waals surface area contributed by atoms with Crippen LogP contribution in [0.5, 0.6) is 5.75 Å². The highest BCUT2D eigenvalue weighted by Gasteiger charge is 2.15. The fourth-order valence-electron chi connectivity index (χ4n) is 2.00. The van der Waals surface area contributed by atoms with Gasteiger partial charge in [-0.25, -0.2) is 0 Å². The lowest BCUT2D eigenvalue weighted by molar-refractivity contribution is 0.0865. The predicted octanol–water partition coefficient (Wildman–Crippen LogP) is 2.54. The highest BCUT2D eigenvalue weighted by Crippen LogP contribution is 2.20. The second-order valence-corrected chi connectivity index (χ2v) is 4.69. The van der Waals surface area contributed by atoms with Crippen LogP contribution in [0.2, 0.25) is 0 Å². The van der Waals surface area contributed by atoms with Gasteiger partial charge in [0.15, 0.2) is 5.78 Å². The molecule has 0 aliphatic carbocycles. The van der Waals surface area contributed by atoms with Crippen molar-refractivity contribution in [3.8, 4) is 5.75 Å². The van der Waals surface area contributed by atoms with Crippen LogP contribution in [-0.4, -0.2) is 50.6 Å². The van der Waals surface area contributed by atoms with Gasteiger partial charge in [-0.15, -0.1) is 0 Å². The second kappa shape index (κ2) is 8.72. The summed E-state index contributed by atoms with van der Waals surface area (Å²) in [5.41, 5.74) is 1.73. The van der Waals surface area contributed by atoms with Gasteiger partial charge in [0.25, 0.3) is 0 Å². The van der Waals surface area contributed by atoms with Crippen molar-refractivity contribution in [2.45, 2.75) is 20.8 Å². The van der Waals surface area contributed by atoms with E-state index in [0.29, 0.717) is 31.1 Å². The lowest BCUT2D eigenvalue weighted by Crippen LogP contribution is -2.33. The van der Waals surface area contributed by atoms with E-state index in [1.54, 1.807) is 7.11 Å². The van der Waals surface area contributed by atoms with Crippen molar-refractivity contribution in [1.29, 1.82) is 0 Å².